The average Bonchev–Trinajstić information content (AvgIpc) is 2.58. The second kappa shape index (κ2) is 10.9. The predicted molar refractivity (Wildman–Crippen MR) is 97.0 cm³/mol. The first kappa shape index (κ1) is 20.2. The Balaban J connectivity index is 2.60. The molecule has 0 spiro atoms. The molecule has 0 fully saturated rings. The van der Waals surface area contributed by atoms with Crippen LogP contribution in [0.5, 0.6) is 0 Å². The van der Waals surface area contributed by atoms with Gasteiger partial charge in [0.05, 0.1) is 0 Å². The standard InChI is InChI=1S/C19H25N3O3/c1-3-22(17-9-7-8-15(2)12-17)14-16(13-20)19(25)21-11-6-4-5-10-18(23)24/h7-9,12,14H,3-6,10-11H2,1-2H3,(H,21,25)(H,23,24)/b16-14-. The number of amides is 1. The van der Waals surface area contributed by atoms with Gasteiger partial charge in [-0.2, -0.15) is 5.26 Å². The largest absolute Gasteiger partial charge is 0.481 e. The highest BCUT2D eigenvalue weighted by atomic mass is 16.4. The number of benzene rings is 1. The van der Waals surface area contributed by atoms with Crippen LogP contribution in [0.15, 0.2) is 36.0 Å². The van der Waals surface area contributed by atoms with E-state index in [2.05, 4.69) is 5.32 Å². The lowest BCUT2D eigenvalue weighted by molar-refractivity contribution is -0.137. The first-order chi connectivity index (χ1) is 12.0. The summed E-state index contributed by atoms with van der Waals surface area (Å²) in [4.78, 5) is 24.4. The predicted octanol–water partition coefficient (Wildman–Crippen LogP) is 2.99. The monoisotopic (exact) mass is 343 g/mol. The number of anilines is 1. The second-order valence-corrected chi connectivity index (χ2v) is 5.74. The zero-order valence-electron chi connectivity index (χ0n) is 14.8. The molecule has 6 nitrogen and oxygen atoms in total. The molecule has 0 aliphatic rings. The van der Waals surface area contributed by atoms with Crippen molar-refractivity contribution in [2.45, 2.75) is 39.5 Å². The van der Waals surface area contributed by atoms with Crippen LogP contribution < -0.4 is 10.2 Å². The van der Waals surface area contributed by atoms with Crippen molar-refractivity contribution in [1.29, 1.82) is 5.26 Å². The van der Waals surface area contributed by atoms with Crippen molar-refractivity contribution in [3.63, 3.8) is 0 Å². The van der Waals surface area contributed by atoms with Gasteiger partial charge in [0.15, 0.2) is 0 Å². The van der Waals surface area contributed by atoms with Gasteiger partial charge in [-0.15, -0.1) is 0 Å². The van der Waals surface area contributed by atoms with Crippen LogP contribution in [0.3, 0.4) is 0 Å². The van der Waals surface area contributed by atoms with Gasteiger partial charge < -0.3 is 15.3 Å². The zero-order valence-corrected chi connectivity index (χ0v) is 14.8. The minimum absolute atomic E-state index is 0.0499. The highest BCUT2D eigenvalue weighted by Crippen LogP contribution is 2.17. The average molecular weight is 343 g/mol. The van der Waals surface area contributed by atoms with Crippen LogP contribution in [0.4, 0.5) is 5.69 Å². The van der Waals surface area contributed by atoms with Crippen molar-refractivity contribution in [3.8, 4) is 6.07 Å². The van der Waals surface area contributed by atoms with Crippen LogP contribution in [0.25, 0.3) is 0 Å². The van der Waals surface area contributed by atoms with Crippen molar-refractivity contribution in [2.75, 3.05) is 18.0 Å². The number of carboxylic acids is 1. The van der Waals surface area contributed by atoms with E-state index in [-0.39, 0.29) is 12.0 Å². The Hall–Kier alpha value is -2.81. The number of carbonyl (C=O) groups excluding carboxylic acids is 1. The number of carboxylic acid groups (broad SMARTS) is 1. The lowest BCUT2D eigenvalue weighted by atomic mass is 10.2. The number of hydrogen-bond donors (Lipinski definition) is 2. The van der Waals surface area contributed by atoms with E-state index in [9.17, 15) is 14.9 Å². The lowest BCUT2D eigenvalue weighted by Gasteiger charge is -2.19. The number of rotatable bonds is 10. The summed E-state index contributed by atoms with van der Waals surface area (Å²) in [5.74, 6) is -1.22. The van der Waals surface area contributed by atoms with E-state index in [4.69, 9.17) is 5.11 Å². The molecule has 0 atom stereocenters. The van der Waals surface area contributed by atoms with Crippen LogP contribution in [0, 0.1) is 18.3 Å². The van der Waals surface area contributed by atoms with E-state index in [1.807, 2.05) is 49.1 Å². The van der Waals surface area contributed by atoms with Gasteiger partial charge in [-0.1, -0.05) is 18.6 Å². The molecule has 0 unspecified atom stereocenters. The van der Waals surface area contributed by atoms with E-state index >= 15 is 0 Å². The zero-order chi connectivity index (χ0) is 18.7. The van der Waals surface area contributed by atoms with Gasteiger partial charge in [-0.05, 0) is 44.4 Å². The summed E-state index contributed by atoms with van der Waals surface area (Å²) in [6, 6.07) is 9.80. The molecule has 0 saturated heterocycles. The van der Waals surface area contributed by atoms with Crippen molar-refractivity contribution in [1.82, 2.24) is 5.32 Å². The molecule has 1 aromatic carbocycles. The molecule has 1 aromatic rings. The van der Waals surface area contributed by atoms with Gasteiger partial charge in [-0.3, -0.25) is 9.59 Å². The van der Waals surface area contributed by atoms with Gasteiger partial charge >= 0.3 is 5.97 Å². The van der Waals surface area contributed by atoms with E-state index in [0.717, 1.165) is 17.7 Å². The maximum atomic E-state index is 12.1. The summed E-state index contributed by atoms with van der Waals surface area (Å²) in [6.07, 6.45) is 3.70. The molecule has 2 N–H and O–H groups in total. The fourth-order valence-electron chi connectivity index (χ4n) is 2.32. The Bertz CT molecular complexity index is 662. The molecule has 134 valence electrons. The fourth-order valence-corrected chi connectivity index (χ4v) is 2.32. The first-order valence-corrected chi connectivity index (χ1v) is 8.43. The van der Waals surface area contributed by atoms with Crippen LogP contribution in [0.1, 0.15) is 38.2 Å². The molecule has 0 aliphatic heterocycles. The van der Waals surface area contributed by atoms with E-state index < -0.39 is 11.9 Å². The molecule has 0 aromatic heterocycles. The van der Waals surface area contributed by atoms with E-state index in [0.29, 0.717) is 25.9 Å². The van der Waals surface area contributed by atoms with Crippen molar-refractivity contribution in [3.05, 3.63) is 41.6 Å². The van der Waals surface area contributed by atoms with Crippen LogP contribution in [-0.2, 0) is 9.59 Å². The fraction of sp³-hybridized carbons (Fsp3) is 0.421. The third kappa shape index (κ3) is 7.53. The molecular weight excluding hydrogens is 318 g/mol. The molecule has 0 aliphatic carbocycles. The summed E-state index contributed by atoms with van der Waals surface area (Å²) >= 11 is 0. The molecule has 0 bridgehead atoms. The van der Waals surface area contributed by atoms with Crippen LogP contribution in [0.2, 0.25) is 0 Å². The Kier molecular flexibility index (Phi) is 8.80. The van der Waals surface area contributed by atoms with Gasteiger partial charge in [0.1, 0.15) is 11.6 Å². The van der Waals surface area contributed by atoms with Gasteiger partial charge in [0, 0.05) is 31.4 Å². The third-order valence-electron chi connectivity index (χ3n) is 3.68. The quantitative estimate of drug-likeness (QED) is 0.387. The number of unbranched alkanes of at least 4 members (excludes halogenated alkanes) is 2. The normalized spacial score (nSPS) is 10.8. The SMILES string of the molecule is CCN(/C=C(/C#N)C(=O)NCCCCCC(=O)O)c1cccc(C)c1. The number of nitrogens with zero attached hydrogens (tertiary/aromatic N) is 2. The summed E-state index contributed by atoms with van der Waals surface area (Å²) in [6.45, 7) is 5.00. The number of aryl methyl sites for hydroxylation is 1. The van der Waals surface area contributed by atoms with Crippen molar-refractivity contribution in [2.24, 2.45) is 0 Å². The maximum absolute atomic E-state index is 12.1. The van der Waals surface area contributed by atoms with Crippen LogP contribution in [-0.4, -0.2) is 30.1 Å². The van der Waals surface area contributed by atoms with Crippen molar-refractivity contribution < 1.29 is 14.7 Å². The van der Waals surface area contributed by atoms with Gasteiger partial charge in [0.25, 0.3) is 5.91 Å². The molecule has 1 amide bonds. The number of nitriles is 1. The van der Waals surface area contributed by atoms with E-state index in [1.54, 1.807) is 6.20 Å². The summed E-state index contributed by atoms with van der Waals surface area (Å²) in [7, 11) is 0. The Morgan fingerprint density at radius 2 is 2.08 bits per heavy atom. The number of aliphatic carboxylic acids is 1. The first-order valence-electron chi connectivity index (χ1n) is 8.43. The topological polar surface area (TPSA) is 93.4 Å². The Morgan fingerprint density at radius 3 is 2.68 bits per heavy atom. The minimum atomic E-state index is -0.811. The smallest absolute Gasteiger partial charge is 0.303 e. The summed E-state index contributed by atoms with van der Waals surface area (Å²) in [5, 5.41) is 20.5. The highest BCUT2D eigenvalue weighted by molar-refractivity contribution is 5.97. The molecule has 25 heavy (non-hydrogen) atoms. The number of carbonyl (C=O) groups is 2. The van der Waals surface area contributed by atoms with E-state index in [1.165, 1.54) is 0 Å². The van der Waals surface area contributed by atoms with Gasteiger partial charge in [0.2, 0.25) is 0 Å². The van der Waals surface area contributed by atoms with Crippen LogP contribution >= 0.6 is 0 Å². The maximum Gasteiger partial charge on any atom is 0.303 e. The molecule has 6 heteroatoms. The highest BCUT2D eigenvalue weighted by Gasteiger charge is 2.11. The molecule has 0 saturated carbocycles. The summed E-state index contributed by atoms with van der Waals surface area (Å²) < 4.78 is 0. The number of nitrogens with one attached hydrogen (secondary N) is 1. The van der Waals surface area contributed by atoms with Gasteiger partial charge in [-0.25, -0.2) is 0 Å². The second-order valence-electron chi connectivity index (χ2n) is 5.74. The molecule has 1 rings (SSSR count). The van der Waals surface area contributed by atoms with Crippen molar-refractivity contribution >= 4 is 17.6 Å². The lowest BCUT2D eigenvalue weighted by Crippen LogP contribution is -2.27. The summed E-state index contributed by atoms with van der Waals surface area (Å²) in [5.41, 5.74) is 2.08. The number of hydrogen-bond acceptors (Lipinski definition) is 4. The Labute approximate surface area is 148 Å². The molecule has 0 heterocycles. The molecule has 0 radical (unpaired) electrons. The minimum Gasteiger partial charge on any atom is -0.481 e. The third-order valence-corrected chi connectivity index (χ3v) is 3.68. The Morgan fingerprint density at radius 1 is 1.32 bits per heavy atom. The molecular formula is C19H25N3O3.